The van der Waals surface area contributed by atoms with Crippen LogP contribution < -0.4 is 0 Å². The molecule has 0 N–H and O–H groups in total. The zero-order valence-corrected chi connectivity index (χ0v) is 11.2. The highest BCUT2D eigenvalue weighted by molar-refractivity contribution is 14.1. The van der Waals surface area contributed by atoms with Crippen molar-refractivity contribution in [2.45, 2.75) is 13.5 Å². The highest BCUT2D eigenvalue weighted by Crippen LogP contribution is 2.12. The van der Waals surface area contributed by atoms with Gasteiger partial charge in [0.25, 0.3) is 0 Å². The lowest BCUT2D eigenvalue weighted by Gasteiger charge is -2.04. The number of hydrogen-bond acceptors (Lipinski definition) is 1. The van der Waals surface area contributed by atoms with E-state index in [1.807, 2.05) is 28.9 Å². The van der Waals surface area contributed by atoms with Gasteiger partial charge in [0.2, 0.25) is 0 Å². The van der Waals surface area contributed by atoms with Crippen molar-refractivity contribution in [3.8, 4) is 0 Å². The molecular formula is C11H10ClIN2. The molecule has 0 aliphatic carbocycles. The van der Waals surface area contributed by atoms with Crippen LogP contribution in [0.4, 0.5) is 0 Å². The summed E-state index contributed by atoms with van der Waals surface area (Å²) in [5, 5.41) is 5.17. The average molecular weight is 333 g/mol. The van der Waals surface area contributed by atoms with Crippen molar-refractivity contribution < 1.29 is 0 Å². The number of hydrogen-bond donors (Lipinski definition) is 0. The van der Waals surface area contributed by atoms with Gasteiger partial charge >= 0.3 is 0 Å². The van der Waals surface area contributed by atoms with Gasteiger partial charge in [0.05, 0.1) is 6.54 Å². The third-order valence-electron chi connectivity index (χ3n) is 2.20. The maximum Gasteiger partial charge on any atom is 0.123 e. The molecule has 4 heteroatoms. The molecule has 0 aliphatic rings. The van der Waals surface area contributed by atoms with E-state index in [9.17, 15) is 0 Å². The first-order chi connectivity index (χ1) is 7.15. The van der Waals surface area contributed by atoms with Gasteiger partial charge in [0.1, 0.15) is 3.70 Å². The second-order valence-electron chi connectivity index (χ2n) is 3.39. The number of nitrogens with zero attached hydrogens (tertiary/aromatic N) is 2. The molecule has 0 bridgehead atoms. The number of aromatic nitrogens is 2. The predicted octanol–water partition coefficient (Wildman–Crippen LogP) is 3.50. The summed E-state index contributed by atoms with van der Waals surface area (Å²) in [6.07, 6.45) is 0. The van der Waals surface area contributed by atoms with Gasteiger partial charge in [-0.05, 0) is 53.3 Å². The zero-order valence-electron chi connectivity index (χ0n) is 8.24. The van der Waals surface area contributed by atoms with Crippen LogP contribution in [0.15, 0.2) is 30.3 Å². The number of benzene rings is 1. The molecule has 78 valence electrons. The summed E-state index contributed by atoms with van der Waals surface area (Å²) in [5.41, 5.74) is 2.39. The summed E-state index contributed by atoms with van der Waals surface area (Å²) < 4.78 is 3.02. The first kappa shape index (κ1) is 11.0. The quantitative estimate of drug-likeness (QED) is 0.770. The normalized spacial score (nSPS) is 10.6. The second kappa shape index (κ2) is 4.53. The van der Waals surface area contributed by atoms with Crippen molar-refractivity contribution >= 4 is 34.2 Å². The average Bonchev–Trinajstić information content (AvgIpc) is 2.49. The van der Waals surface area contributed by atoms with Gasteiger partial charge in [-0.1, -0.05) is 23.7 Å². The molecule has 0 saturated carbocycles. The lowest BCUT2D eigenvalue weighted by molar-refractivity contribution is 0.660. The lowest BCUT2D eigenvalue weighted by Crippen LogP contribution is -2.03. The van der Waals surface area contributed by atoms with Crippen molar-refractivity contribution in [2.75, 3.05) is 0 Å². The molecule has 0 atom stereocenters. The standard InChI is InChI=1S/C11H10ClIN2/c1-8-6-11(13)14-15(8)7-9-2-4-10(12)5-3-9/h2-6H,7H2,1H3. The van der Waals surface area contributed by atoms with Crippen LogP contribution in [0.5, 0.6) is 0 Å². The van der Waals surface area contributed by atoms with Crippen LogP contribution in [0.2, 0.25) is 5.02 Å². The van der Waals surface area contributed by atoms with Crippen molar-refractivity contribution in [1.29, 1.82) is 0 Å². The third-order valence-corrected chi connectivity index (χ3v) is 2.98. The van der Waals surface area contributed by atoms with Crippen LogP contribution in [-0.2, 0) is 6.54 Å². The molecule has 1 aromatic carbocycles. The fourth-order valence-corrected chi connectivity index (χ4v) is 2.23. The molecule has 0 saturated heterocycles. The Bertz CT molecular complexity index is 462. The molecule has 2 rings (SSSR count). The van der Waals surface area contributed by atoms with Gasteiger partial charge in [-0.15, -0.1) is 0 Å². The highest BCUT2D eigenvalue weighted by atomic mass is 127. The summed E-state index contributed by atoms with van der Waals surface area (Å²) in [6, 6.07) is 9.92. The van der Waals surface area contributed by atoms with Crippen molar-refractivity contribution in [3.05, 3.63) is 50.3 Å². The second-order valence-corrected chi connectivity index (χ2v) is 4.93. The van der Waals surface area contributed by atoms with Crippen LogP contribution in [0, 0.1) is 10.6 Å². The van der Waals surface area contributed by atoms with E-state index in [1.165, 1.54) is 11.3 Å². The molecule has 0 unspecified atom stereocenters. The molecule has 0 aliphatic heterocycles. The molecule has 2 nitrogen and oxygen atoms in total. The summed E-state index contributed by atoms with van der Waals surface area (Å²) in [6.45, 7) is 2.86. The Balaban J connectivity index is 2.21. The van der Waals surface area contributed by atoms with E-state index in [0.717, 1.165) is 15.3 Å². The number of halogens is 2. The van der Waals surface area contributed by atoms with Crippen molar-refractivity contribution in [3.63, 3.8) is 0 Å². The smallest absolute Gasteiger partial charge is 0.123 e. The minimum absolute atomic E-state index is 0.769. The van der Waals surface area contributed by atoms with E-state index in [2.05, 4.69) is 40.7 Å². The minimum atomic E-state index is 0.769. The SMILES string of the molecule is Cc1cc(I)nn1Cc1ccc(Cl)cc1. The predicted molar refractivity (Wildman–Crippen MR) is 70.2 cm³/mol. The Morgan fingerprint density at radius 2 is 2.00 bits per heavy atom. The van der Waals surface area contributed by atoms with Crippen molar-refractivity contribution in [1.82, 2.24) is 9.78 Å². The molecule has 15 heavy (non-hydrogen) atoms. The third kappa shape index (κ3) is 2.72. The molecule has 0 fully saturated rings. The molecule has 2 aromatic rings. The Morgan fingerprint density at radius 1 is 1.33 bits per heavy atom. The Hall–Kier alpha value is -0.550. The Kier molecular flexibility index (Phi) is 3.31. The summed E-state index contributed by atoms with van der Waals surface area (Å²) >= 11 is 8.05. The largest absolute Gasteiger partial charge is 0.264 e. The molecule has 0 amide bonds. The fourth-order valence-electron chi connectivity index (χ4n) is 1.39. The van der Waals surface area contributed by atoms with Crippen LogP contribution in [0.3, 0.4) is 0 Å². The highest BCUT2D eigenvalue weighted by Gasteiger charge is 2.02. The summed E-state index contributed by atoms with van der Waals surface area (Å²) in [5.74, 6) is 0. The topological polar surface area (TPSA) is 17.8 Å². The number of rotatable bonds is 2. The summed E-state index contributed by atoms with van der Waals surface area (Å²) in [4.78, 5) is 0. The maximum atomic E-state index is 5.83. The van der Waals surface area contributed by atoms with Crippen LogP contribution in [0.25, 0.3) is 0 Å². The Morgan fingerprint density at radius 3 is 2.53 bits per heavy atom. The lowest BCUT2D eigenvalue weighted by atomic mass is 10.2. The van der Waals surface area contributed by atoms with Gasteiger partial charge in [-0.25, -0.2) is 0 Å². The first-order valence-electron chi connectivity index (χ1n) is 4.59. The minimum Gasteiger partial charge on any atom is -0.264 e. The Labute approximate surface area is 107 Å². The van der Waals surface area contributed by atoms with E-state index in [1.54, 1.807) is 0 Å². The van der Waals surface area contributed by atoms with E-state index in [-0.39, 0.29) is 0 Å². The fraction of sp³-hybridized carbons (Fsp3) is 0.182. The molecule has 0 radical (unpaired) electrons. The summed E-state index contributed by atoms with van der Waals surface area (Å²) in [7, 11) is 0. The van der Waals surface area contributed by atoms with Gasteiger partial charge < -0.3 is 0 Å². The van der Waals surface area contributed by atoms with E-state index in [4.69, 9.17) is 11.6 Å². The number of aryl methyl sites for hydroxylation is 1. The van der Waals surface area contributed by atoms with Gasteiger partial charge in [0, 0.05) is 10.7 Å². The van der Waals surface area contributed by atoms with E-state index < -0.39 is 0 Å². The van der Waals surface area contributed by atoms with Crippen LogP contribution in [-0.4, -0.2) is 9.78 Å². The van der Waals surface area contributed by atoms with Gasteiger partial charge in [-0.2, -0.15) is 5.10 Å². The molecule has 1 aromatic heterocycles. The molecule has 0 spiro atoms. The zero-order chi connectivity index (χ0) is 10.8. The van der Waals surface area contributed by atoms with E-state index in [0.29, 0.717) is 0 Å². The van der Waals surface area contributed by atoms with Gasteiger partial charge in [0.15, 0.2) is 0 Å². The molecule has 1 heterocycles. The first-order valence-corrected chi connectivity index (χ1v) is 6.05. The van der Waals surface area contributed by atoms with Crippen molar-refractivity contribution in [2.24, 2.45) is 0 Å². The molecular weight excluding hydrogens is 322 g/mol. The van der Waals surface area contributed by atoms with Gasteiger partial charge in [-0.3, -0.25) is 4.68 Å². The van der Waals surface area contributed by atoms with Crippen LogP contribution >= 0.6 is 34.2 Å². The van der Waals surface area contributed by atoms with E-state index >= 15 is 0 Å². The maximum absolute atomic E-state index is 5.83. The monoisotopic (exact) mass is 332 g/mol. The van der Waals surface area contributed by atoms with Crippen LogP contribution in [0.1, 0.15) is 11.3 Å².